The van der Waals surface area contributed by atoms with Crippen LogP contribution in [0.3, 0.4) is 0 Å². The molecule has 0 bridgehead atoms. The Morgan fingerprint density at radius 2 is 2.26 bits per heavy atom. The summed E-state index contributed by atoms with van der Waals surface area (Å²) >= 11 is 1.71. The summed E-state index contributed by atoms with van der Waals surface area (Å²) < 4.78 is 0. The van der Waals surface area contributed by atoms with Gasteiger partial charge in [0, 0.05) is 6.42 Å². The van der Waals surface area contributed by atoms with E-state index in [0.29, 0.717) is 0 Å². The Bertz CT molecular complexity index is 771. The molecule has 1 unspecified atom stereocenters. The van der Waals surface area contributed by atoms with Gasteiger partial charge < -0.3 is 20.6 Å². The first-order valence-electron chi connectivity index (χ1n) is 8.00. The Hall–Kier alpha value is -2.05. The van der Waals surface area contributed by atoms with E-state index in [4.69, 9.17) is 0 Å². The lowest BCUT2D eigenvalue weighted by Gasteiger charge is -2.27. The molecule has 0 spiro atoms. The summed E-state index contributed by atoms with van der Waals surface area (Å²) in [5, 5.41) is 17.1. The Morgan fingerprint density at radius 1 is 1.39 bits per heavy atom. The Balaban J connectivity index is 1.68. The molecule has 2 aliphatic rings. The molecule has 2 atom stereocenters. The maximum Gasteiger partial charge on any atom is 0.256 e. The van der Waals surface area contributed by atoms with Crippen molar-refractivity contribution in [3.63, 3.8) is 0 Å². The van der Waals surface area contributed by atoms with Gasteiger partial charge in [-0.3, -0.25) is 4.79 Å². The molecular formula is C17H20N3O2S+. The van der Waals surface area contributed by atoms with Crippen LogP contribution in [0.5, 0.6) is 5.75 Å². The van der Waals surface area contributed by atoms with E-state index in [1.807, 2.05) is 6.07 Å². The molecule has 23 heavy (non-hydrogen) atoms. The standard InChI is InChI=1S/C17H19N3O2S/c1-2-20-7-6-12-13(9-20)23-17-14(12)16(22)18-15(19-17)10-4-3-5-11(21)8-10/h3-5,8,15,19,21H,2,6-7,9H2,1H3,(H,18,22)/p+1/t15-/m0/s1. The van der Waals surface area contributed by atoms with Crippen LogP contribution in [0.15, 0.2) is 24.3 Å². The van der Waals surface area contributed by atoms with Crippen LogP contribution in [0, 0.1) is 0 Å². The number of amides is 1. The predicted molar refractivity (Wildman–Crippen MR) is 90.0 cm³/mol. The van der Waals surface area contributed by atoms with E-state index in [1.54, 1.807) is 34.4 Å². The molecule has 2 aliphatic heterocycles. The number of likely N-dealkylation sites (N-methyl/N-ethyl adjacent to an activating group) is 1. The van der Waals surface area contributed by atoms with Gasteiger partial charge in [-0.05, 0) is 30.2 Å². The van der Waals surface area contributed by atoms with Crippen molar-refractivity contribution in [3.05, 3.63) is 45.8 Å². The number of hydrogen-bond donors (Lipinski definition) is 4. The van der Waals surface area contributed by atoms with Crippen molar-refractivity contribution in [1.29, 1.82) is 0 Å². The Morgan fingerprint density at radius 3 is 3.04 bits per heavy atom. The molecule has 120 valence electrons. The molecule has 0 fully saturated rings. The van der Waals surface area contributed by atoms with Crippen molar-refractivity contribution >= 4 is 22.2 Å². The number of aromatic hydroxyl groups is 1. The quantitative estimate of drug-likeness (QED) is 0.670. The number of thiophene rings is 1. The highest BCUT2D eigenvalue weighted by Gasteiger charge is 2.34. The molecule has 1 aromatic heterocycles. The van der Waals surface area contributed by atoms with E-state index >= 15 is 0 Å². The van der Waals surface area contributed by atoms with Crippen LogP contribution in [-0.2, 0) is 13.0 Å². The van der Waals surface area contributed by atoms with Crippen LogP contribution in [-0.4, -0.2) is 24.1 Å². The summed E-state index contributed by atoms with van der Waals surface area (Å²) in [6.07, 6.45) is 0.674. The van der Waals surface area contributed by atoms with Gasteiger partial charge in [-0.1, -0.05) is 12.1 Å². The lowest BCUT2D eigenvalue weighted by atomic mass is 10.0. The second kappa shape index (κ2) is 5.54. The SMILES string of the molecule is CC[NH+]1CCc2c(sc3c2C(=O)N[C@H](c2cccc(O)c2)N3)C1. The number of carbonyl (C=O) groups is 1. The van der Waals surface area contributed by atoms with E-state index in [9.17, 15) is 9.90 Å². The van der Waals surface area contributed by atoms with Crippen LogP contribution in [0.2, 0.25) is 0 Å². The number of fused-ring (bicyclic) bond motifs is 3. The third kappa shape index (κ3) is 2.48. The zero-order chi connectivity index (χ0) is 16.0. The first kappa shape index (κ1) is 14.5. The summed E-state index contributed by atoms with van der Waals surface area (Å²) in [5.41, 5.74) is 2.91. The monoisotopic (exact) mass is 330 g/mol. The van der Waals surface area contributed by atoms with Gasteiger partial charge in [-0.25, -0.2) is 0 Å². The molecule has 1 amide bonds. The van der Waals surface area contributed by atoms with Crippen LogP contribution in [0.4, 0.5) is 5.00 Å². The van der Waals surface area contributed by atoms with Gasteiger partial charge in [0.1, 0.15) is 23.5 Å². The van der Waals surface area contributed by atoms with Crippen molar-refractivity contribution < 1.29 is 14.8 Å². The van der Waals surface area contributed by atoms with Crippen molar-refractivity contribution in [2.24, 2.45) is 0 Å². The average Bonchev–Trinajstić information content (AvgIpc) is 2.92. The normalized spacial score (nSPS) is 22.7. The molecule has 1 aromatic carbocycles. The summed E-state index contributed by atoms with van der Waals surface area (Å²) in [7, 11) is 0. The zero-order valence-electron chi connectivity index (χ0n) is 13.0. The first-order valence-corrected chi connectivity index (χ1v) is 8.81. The van der Waals surface area contributed by atoms with Crippen molar-refractivity contribution in [3.8, 4) is 5.75 Å². The van der Waals surface area contributed by atoms with E-state index in [2.05, 4.69) is 17.6 Å². The molecule has 6 heteroatoms. The number of nitrogens with one attached hydrogen (secondary N) is 3. The summed E-state index contributed by atoms with van der Waals surface area (Å²) in [4.78, 5) is 15.5. The number of anilines is 1. The van der Waals surface area contributed by atoms with Crippen molar-refractivity contribution in [2.75, 3.05) is 18.4 Å². The maximum absolute atomic E-state index is 12.6. The topological polar surface area (TPSA) is 65.8 Å². The lowest BCUT2D eigenvalue weighted by molar-refractivity contribution is -0.913. The molecule has 4 N–H and O–H groups in total. The molecule has 0 saturated heterocycles. The van der Waals surface area contributed by atoms with Gasteiger partial charge in [-0.15, -0.1) is 11.3 Å². The fraction of sp³-hybridized carbons (Fsp3) is 0.353. The largest absolute Gasteiger partial charge is 0.508 e. The van der Waals surface area contributed by atoms with Gasteiger partial charge >= 0.3 is 0 Å². The van der Waals surface area contributed by atoms with Gasteiger partial charge in [0.25, 0.3) is 5.91 Å². The van der Waals surface area contributed by atoms with E-state index in [1.165, 1.54) is 10.4 Å². The Labute approximate surface area is 138 Å². The highest BCUT2D eigenvalue weighted by atomic mass is 32.1. The van der Waals surface area contributed by atoms with E-state index in [0.717, 1.165) is 42.2 Å². The number of benzene rings is 1. The Kier molecular flexibility index (Phi) is 3.50. The van der Waals surface area contributed by atoms with Crippen molar-refractivity contribution in [1.82, 2.24) is 5.32 Å². The van der Waals surface area contributed by atoms with E-state index < -0.39 is 0 Å². The number of phenolic OH excluding ortho intramolecular Hbond substituents is 1. The third-order valence-electron chi connectivity index (χ3n) is 4.71. The first-order chi connectivity index (χ1) is 11.2. The maximum atomic E-state index is 12.6. The molecule has 0 radical (unpaired) electrons. The predicted octanol–water partition coefficient (Wildman–Crippen LogP) is 1.27. The van der Waals surface area contributed by atoms with Crippen LogP contribution < -0.4 is 15.5 Å². The number of phenols is 1. The molecular weight excluding hydrogens is 310 g/mol. The molecule has 0 aliphatic carbocycles. The van der Waals surface area contributed by atoms with Crippen LogP contribution in [0.25, 0.3) is 0 Å². The molecule has 2 aromatic rings. The minimum Gasteiger partial charge on any atom is -0.508 e. The fourth-order valence-corrected chi connectivity index (χ4v) is 4.77. The second-order valence-electron chi connectivity index (χ2n) is 6.13. The van der Waals surface area contributed by atoms with Gasteiger partial charge in [0.2, 0.25) is 0 Å². The number of carbonyl (C=O) groups excluding carboxylic acids is 1. The van der Waals surface area contributed by atoms with Gasteiger partial charge in [-0.2, -0.15) is 0 Å². The van der Waals surface area contributed by atoms with Gasteiger partial charge in [0.15, 0.2) is 0 Å². The number of rotatable bonds is 2. The number of hydrogen-bond acceptors (Lipinski definition) is 4. The minimum atomic E-state index is -0.295. The van der Waals surface area contributed by atoms with Crippen LogP contribution in [0.1, 0.15) is 39.5 Å². The highest BCUT2D eigenvalue weighted by molar-refractivity contribution is 7.16. The second-order valence-corrected chi connectivity index (χ2v) is 7.24. The van der Waals surface area contributed by atoms with Gasteiger partial charge in [0.05, 0.1) is 23.5 Å². The minimum absolute atomic E-state index is 0.00968. The van der Waals surface area contributed by atoms with Crippen molar-refractivity contribution in [2.45, 2.75) is 26.1 Å². The summed E-state index contributed by atoms with van der Waals surface area (Å²) in [6, 6.07) is 7.00. The van der Waals surface area contributed by atoms with Crippen LogP contribution >= 0.6 is 11.3 Å². The molecule has 3 heterocycles. The molecule has 4 rings (SSSR count). The third-order valence-corrected chi connectivity index (χ3v) is 5.87. The molecule has 0 saturated carbocycles. The summed E-state index contributed by atoms with van der Waals surface area (Å²) in [6.45, 7) is 5.43. The smallest absolute Gasteiger partial charge is 0.256 e. The lowest BCUT2D eigenvalue weighted by Crippen LogP contribution is -3.11. The molecule has 5 nitrogen and oxygen atoms in total. The zero-order valence-corrected chi connectivity index (χ0v) is 13.8. The number of quaternary nitrogens is 1. The van der Waals surface area contributed by atoms with E-state index in [-0.39, 0.29) is 17.8 Å². The highest BCUT2D eigenvalue weighted by Crippen LogP contribution is 2.39. The fourth-order valence-electron chi connectivity index (χ4n) is 3.42. The average molecular weight is 330 g/mol. The summed E-state index contributed by atoms with van der Waals surface area (Å²) in [5.74, 6) is 0.196.